The third-order valence-electron chi connectivity index (χ3n) is 3.18. The predicted octanol–water partition coefficient (Wildman–Crippen LogP) is 2.12. The van der Waals surface area contributed by atoms with Crippen LogP contribution in [0.4, 0.5) is 0 Å². The molecule has 0 heterocycles. The molecule has 1 rings (SSSR count). The van der Waals surface area contributed by atoms with Crippen molar-refractivity contribution in [3.63, 3.8) is 0 Å². The van der Waals surface area contributed by atoms with E-state index in [-0.39, 0.29) is 10.8 Å². The van der Waals surface area contributed by atoms with Crippen molar-refractivity contribution in [3.8, 4) is 0 Å². The highest BCUT2D eigenvalue weighted by molar-refractivity contribution is 7.89. The first-order valence-electron chi connectivity index (χ1n) is 7.01. The molecule has 21 heavy (non-hydrogen) atoms. The van der Waals surface area contributed by atoms with E-state index < -0.39 is 22.0 Å². The predicted molar refractivity (Wildman–Crippen MR) is 81.4 cm³/mol. The largest absolute Gasteiger partial charge is 0.468 e. The number of hydrogen-bond acceptors (Lipinski definition) is 4. The summed E-state index contributed by atoms with van der Waals surface area (Å²) in [5.41, 5.74) is 1.09. The zero-order valence-corrected chi connectivity index (χ0v) is 13.7. The molecule has 1 aromatic carbocycles. The molecule has 0 saturated carbocycles. The Balaban J connectivity index is 2.96. The maximum Gasteiger partial charge on any atom is 0.324 e. The number of nitrogens with one attached hydrogen (secondary N) is 1. The van der Waals surface area contributed by atoms with Crippen molar-refractivity contribution >= 4 is 16.0 Å². The number of aryl methyl sites for hydroxylation is 1. The summed E-state index contributed by atoms with van der Waals surface area (Å²) in [6.45, 7) is 5.58. The third-order valence-corrected chi connectivity index (χ3v) is 4.63. The number of carbonyl (C=O) groups is 1. The number of benzene rings is 1. The maximum atomic E-state index is 12.3. The summed E-state index contributed by atoms with van der Waals surface area (Å²) >= 11 is 0. The topological polar surface area (TPSA) is 72.5 Å². The average Bonchev–Trinajstić information content (AvgIpc) is 2.44. The van der Waals surface area contributed by atoms with Crippen LogP contribution in [-0.4, -0.2) is 27.5 Å². The van der Waals surface area contributed by atoms with E-state index in [1.807, 2.05) is 0 Å². The van der Waals surface area contributed by atoms with Crippen LogP contribution in [0.2, 0.25) is 0 Å². The summed E-state index contributed by atoms with van der Waals surface area (Å²) in [6.07, 6.45) is 1.91. The molecule has 0 saturated heterocycles. The fourth-order valence-electron chi connectivity index (χ4n) is 1.94. The van der Waals surface area contributed by atoms with Gasteiger partial charge in [-0.25, -0.2) is 8.42 Å². The third kappa shape index (κ3) is 4.82. The van der Waals surface area contributed by atoms with Crippen LogP contribution in [0.25, 0.3) is 0 Å². The minimum absolute atomic E-state index is 0.150. The minimum Gasteiger partial charge on any atom is -0.468 e. The van der Waals surface area contributed by atoms with Crippen molar-refractivity contribution in [1.82, 2.24) is 4.72 Å². The molecule has 1 aromatic rings. The van der Waals surface area contributed by atoms with Gasteiger partial charge >= 0.3 is 5.97 Å². The Hall–Kier alpha value is -1.40. The standard InChI is InChI=1S/C15H23NO4S/c1-5-6-12-7-9-13(10-8-12)21(18,19)16-14(11(2)3)15(17)20-4/h7-11,14,16H,5-6H2,1-4H3. The number of ether oxygens (including phenoxy) is 1. The van der Waals surface area contributed by atoms with Crippen LogP contribution < -0.4 is 4.72 Å². The Labute approximate surface area is 126 Å². The minimum atomic E-state index is -3.74. The molecule has 0 aliphatic rings. The van der Waals surface area contributed by atoms with E-state index in [2.05, 4.69) is 16.4 Å². The molecular weight excluding hydrogens is 290 g/mol. The molecule has 0 spiro atoms. The first-order chi connectivity index (χ1) is 9.81. The molecule has 0 aliphatic carbocycles. The van der Waals surface area contributed by atoms with Gasteiger partial charge in [-0.3, -0.25) is 4.79 Å². The monoisotopic (exact) mass is 313 g/mol. The normalized spacial score (nSPS) is 13.2. The highest BCUT2D eigenvalue weighted by Gasteiger charge is 2.28. The number of methoxy groups -OCH3 is 1. The molecule has 1 N–H and O–H groups in total. The van der Waals surface area contributed by atoms with Gasteiger partial charge in [0.15, 0.2) is 0 Å². The Morgan fingerprint density at radius 2 is 1.81 bits per heavy atom. The van der Waals surface area contributed by atoms with Gasteiger partial charge in [-0.15, -0.1) is 0 Å². The van der Waals surface area contributed by atoms with Crippen molar-refractivity contribution < 1.29 is 17.9 Å². The Bertz CT molecular complexity index is 564. The van der Waals surface area contributed by atoms with Crippen LogP contribution in [0, 0.1) is 5.92 Å². The molecule has 0 aromatic heterocycles. The highest BCUT2D eigenvalue weighted by Crippen LogP contribution is 2.14. The highest BCUT2D eigenvalue weighted by atomic mass is 32.2. The fraction of sp³-hybridized carbons (Fsp3) is 0.533. The Morgan fingerprint density at radius 3 is 2.24 bits per heavy atom. The number of carbonyl (C=O) groups excluding carboxylic acids is 1. The van der Waals surface area contributed by atoms with E-state index in [0.717, 1.165) is 18.4 Å². The van der Waals surface area contributed by atoms with Crippen LogP contribution in [0.3, 0.4) is 0 Å². The molecule has 1 atom stereocenters. The molecule has 0 aliphatic heterocycles. The molecule has 0 bridgehead atoms. The summed E-state index contributed by atoms with van der Waals surface area (Å²) in [5.74, 6) is -0.789. The van der Waals surface area contributed by atoms with Gasteiger partial charge in [0.1, 0.15) is 6.04 Å². The van der Waals surface area contributed by atoms with Gasteiger partial charge in [-0.2, -0.15) is 4.72 Å². The lowest BCUT2D eigenvalue weighted by atomic mass is 10.1. The van der Waals surface area contributed by atoms with E-state index in [1.54, 1.807) is 38.1 Å². The molecule has 1 unspecified atom stereocenters. The second-order valence-electron chi connectivity index (χ2n) is 5.26. The summed E-state index contributed by atoms with van der Waals surface area (Å²) < 4.78 is 31.7. The smallest absolute Gasteiger partial charge is 0.324 e. The second kappa shape index (κ2) is 7.56. The fourth-order valence-corrected chi connectivity index (χ4v) is 3.28. The SMILES string of the molecule is CCCc1ccc(S(=O)(=O)NC(C(=O)OC)C(C)C)cc1. The summed E-state index contributed by atoms with van der Waals surface area (Å²) in [4.78, 5) is 11.8. The lowest BCUT2D eigenvalue weighted by Crippen LogP contribution is -2.44. The van der Waals surface area contributed by atoms with Gasteiger partial charge in [-0.05, 0) is 30.0 Å². The van der Waals surface area contributed by atoms with E-state index in [1.165, 1.54) is 7.11 Å². The van der Waals surface area contributed by atoms with Crippen LogP contribution >= 0.6 is 0 Å². The molecule has 118 valence electrons. The van der Waals surface area contributed by atoms with E-state index in [0.29, 0.717) is 0 Å². The average molecular weight is 313 g/mol. The van der Waals surface area contributed by atoms with E-state index in [9.17, 15) is 13.2 Å². The zero-order chi connectivity index (χ0) is 16.0. The summed E-state index contributed by atoms with van der Waals surface area (Å²) in [7, 11) is -2.50. The molecule has 6 heteroatoms. The summed E-state index contributed by atoms with van der Waals surface area (Å²) in [6, 6.07) is 5.81. The van der Waals surface area contributed by atoms with Gasteiger partial charge in [0, 0.05) is 0 Å². The van der Waals surface area contributed by atoms with Crippen LogP contribution in [0.1, 0.15) is 32.8 Å². The van der Waals surface area contributed by atoms with Crippen molar-refractivity contribution in [2.45, 2.75) is 44.6 Å². The maximum absolute atomic E-state index is 12.3. The van der Waals surface area contributed by atoms with Crippen LogP contribution in [0.5, 0.6) is 0 Å². The molecular formula is C15H23NO4S. The van der Waals surface area contributed by atoms with E-state index >= 15 is 0 Å². The Morgan fingerprint density at radius 1 is 1.24 bits per heavy atom. The van der Waals surface area contributed by atoms with Gasteiger partial charge in [0.05, 0.1) is 12.0 Å². The molecule has 0 radical (unpaired) electrons. The van der Waals surface area contributed by atoms with Gasteiger partial charge in [0.2, 0.25) is 10.0 Å². The Kier molecular flexibility index (Phi) is 6.36. The van der Waals surface area contributed by atoms with Crippen molar-refractivity contribution in [3.05, 3.63) is 29.8 Å². The molecule has 0 amide bonds. The van der Waals surface area contributed by atoms with Crippen LogP contribution in [0.15, 0.2) is 29.2 Å². The quantitative estimate of drug-likeness (QED) is 0.783. The van der Waals surface area contributed by atoms with Gasteiger partial charge in [-0.1, -0.05) is 39.3 Å². The van der Waals surface area contributed by atoms with Gasteiger partial charge in [0.25, 0.3) is 0 Å². The zero-order valence-electron chi connectivity index (χ0n) is 12.9. The van der Waals surface area contributed by atoms with Crippen molar-refractivity contribution in [2.75, 3.05) is 7.11 Å². The first-order valence-corrected chi connectivity index (χ1v) is 8.49. The number of sulfonamides is 1. The van der Waals surface area contributed by atoms with Crippen molar-refractivity contribution in [2.24, 2.45) is 5.92 Å². The first kappa shape index (κ1) is 17.7. The summed E-state index contributed by atoms with van der Waals surface area (Å²) in [5, 5.41) is 0. The number of hydrogen-bond donors (Lipinski definition) is 1. The van der Waals surface area contributed by atoms with Gasteiger partial charge < -0.3 is 4.74 Å². The number of rotatable bonds is 7. The second-order valence-corrected chi connectivity index (χ2v) is 6.97. The lowest BCUT2D eigenvalue weighted by Gasteiger charge is -2.19. The van der Waals surface area contributed by atoms with Crippen LogP contribution in [-0.2, 0) is 26.0 Å². The van der Waals surface area contributed by atoms with E-state index in [4.69, 9.17) is 0 Å². The number of esters is 1. The molecule has 5 nitrogen and oxygen atoms in total. The van der Waals surface area contributed by atoms with Crippen molar-refractivity contribution in [1.29, 1.82) is 0 Å². The lowest BCUT2D eigenvalue weighted by molar-refractivity contribution is -0.143. The molecule has 0 fully saturated rings.